The van der Waals surface area contributed by atoms with Crippen molar-refractivity contribution in [1.29, 1.82) is 0 Å². The zero-order valence-electron chi connectivity index (χ0n) is 11.2. The summed E-state index contributed by atoms with van der Waals surface area (Å²) in [6, 6.07) is -0.406. The van der Waals surface area contributed by atoms with E-state index in [2.05, 4.69) is 9.88 Å². The van der Waals surface area contributed by atoms with E-state index in [4.69, 9.17) is 0 Å². The van der Waals surface area contributed by atoms with Gasteiger partial charge in [-0.2, -0.15) is 0 Å². The minimum absolute atomic E-state index is 0.406. The Morgan fingerprint density at radius 1 is 1.37 bits per heavy atom. The standard InChI is InChI=1S/C14H21N3O2/c18-14(19)12-4-3-5-13-15-11(10-17(12)13)6-9-16-7-1-2-8-16/h10,12H,1-9H2,(H,18,19). The number of aromatic nitrogens is 2. The summed E-state index contributed by atoms with van der Waals surface area (Å²) >= 11 is 0. The van der Waals surface area contributed by atoms with Gasteiger partial charge in [0, 0.05) is 25.6 Å². The van der Waals surface area contributed by atoms with E-state index in [9.17, 15) is 9.90 Å². The third-order valence-corrected chi connectivity index (χ3v) is 4.24. The molecule has 0 aliphatic carbocycles. The van der Waals surface area contributed by atoms with Crippen LogP contribution in [-0.4, -0.2) is 45.2 Å². The minimum Gasteiger partial charge on any atom is -0.480 e. The zero-order chi connectivity index (χ0) is 13.2. The van der Waals surface area contributed by atoms with Gasteiger partial charge in [-0.3, -0.25) is 0 Å². The van der Waals surface area contributed by atoms with E-state index in [0.717, 1.165) is 43.7 Å². The highest BCUT2D eigenvalue weighted by atomic mass is 16.4. The molecule has 104 valence electrons. The van der Waals surface area contributed by atoms with Gasteiger partial charge >= 0.3 is 5.97 Å². The van der Waals surface area contributed by atoms with E-state index < -0.39 is 12.0 Å². The average molecular weight is 263 g/mol. The number of hydrogen-bond donors (Lipinski definition) is 1. The van der Waals surface area contributed by atoms with Crippen molar-refractivity contribution in [3.05, 3.63) is 17.7 Å². The summed E-state index contributed by atoms with van der Waals surface area (Å²) in [5.41, 5.74) is 1.05. The number of carboxylic acids is 1. The number of rotatable bonds is 4. The first kappa shape index (κ1) is 12.7. The number of fused-ring (bicyclic) bond motifs is 1. The van der Waals surface area contributed by atoms with Crippen LogP contribution in [0.4, 0.5) is 0 Å². The van der Waals surface area contributed by atoms with Gasteiger partial charge in [-0.1, -0.05) is 0 Å². The van der Waals surface area contributed by atoms with Gasteiger partial charge in [0.05, 0.1) is 5.69 Å². The van der Waals surface area contributed by atoms with Crippen LogP contribution in [0.2, 0.25) is 0 Å². The molecule has 3 rings (SSSR count). The van der Waals surface area contributed by atoms with E-state index in [1.54, 1.807) is 0 Å². The molecule has 3 heterocycles. The van der Waals surface area contributed by atoms with Gasteiger partial charge in [0.2, 0.25) is 0 Å². The number of carbonyl (C=O) groups is 1. The van der Waals surface area contributed by atoms with Gasteiger partial charge in [-0.05, 0) is 38.8 Å². The molecule has 2 aliphatic rings. The highest BCUT2D eigenvalue weighted by Gasteiger charge is 2.26. The summed E-state index contributed by atoms with van der Waals surface area (Å²) in [5.74, 6) is 0.222. The fourth-order valence-electron chi connectivity index (χ4n) is 3.18. The van der Waals surface area contributed by atoms with Crippen LogP contribution in [0.1, 0.15) is 43.2 Å². The lowest BCUT2D eigenvalue weighted by atomic mass is 10.1. The maximum Gasteiger partial charge on any atom is 0.326 e. The first-order chi connectivity index (χ1) is 9.24. The van der Waals surface area contributed by atoms with Crippen LogP contribution >= 0.6 is 0 Å². The van der Waals surface area contributed by atoms with Gasteiger partial charge in [-0.15, -0.1) is 0 Å². The summed E-state index contributed by atoms with van der Waals surface area (Å²) in [6.45, 7) is 3.45. The Morgan fingerprint density at radius 2 is 2.16 bits per heavy atom. The van der Waals surface area contributed by atoms with Gasteiger partial charge in [0.25, 0.3) is 0 Å². The lowest BCUT2D eigenvalue weighted by Gasteiger charge is -2.20. The molecule has 1 aromatic rings. The number of imidazole rings is 1. The van der Waals surface area contributed by atoms with E-state index >= 15 is 0 Å². The van der Waals surface area contributed by atoms with Crippen molar-refractivity contribution >= 4 is 5.97 Å². The number of hydrogen-bond acceptors (Lipinski definition) is 3. The number of nitrogens with zero attached hydrogens (tertiary/aromatic N) is 3. The Morgan fingerprint density at radius 3 is 2.89 bits per heavy atom. The first-order valence-electron chi connectivity index (χ1n) is 7.26. The van der Waals surface area contributed by atoms with Gasteiger partial charge in [-0.25, -0.2) is 9.78 Å². The number of carboxylic acid groups (broad SMARTS) is 1. The van der Waals surface area contributed by atoms with Crippen LogP contribution < -0.4 is 0 Å². The highest BCUT2D eigenvalue weighted by molar-refractivity contribution is 5.72. The summed E-state index contributed by atoms with van der Waals surface area (Å²) in [6.07, 6.45) is 8.08. The Hall–Kier alpha value is -1.36. The smallest absolute Gasteiger partial charge is 0.326 e. The van der Waals surface area contributed by atoms with Crippen molar-refractivity contribution in [1.82, 2.24) is 14.5 Å². The number of likely N-dealkylation sites (tertiary alicyclic amines) is 1. The summed E-state index contributed by atoms with van der Waals surface area (Å²) in [7, 11) is 0. The quantitative estimate of drug-likeness (QED) is 0.894. The van der Waals surface area contributed by atoms with Crippen LogP contribution in [0.25, 0.3) is 0 Å². The van der Waals surface area contributed by atoms with Gasteiger partial charge in [0.15, 0.2) is 0 Å². The molecule has 0 saturated carbocycles. The molecule has 1 fully saturated rings. The van der Waals surface area contributed by atoms with Gasteiger partial charge < -0.3 is 14.6 Å². The molecule has 5 heteroatoms. The second-order valence-corrected chi connectivity index (χ2v) is 5.60. The second kappa shape index (κ2) is 5.33. The van der Waals surface area contributed by atoms with Crippen molar-refractivity contribution in [2.24, 2.45) is 0 Å². The fourth-order valence-corrected chi connectivity index (χ4v) is 3.18. The Bertz CT molecular complexity index is 463. The monoisotopic (exact) mass is 263 g/mol. The molecule has 0 spiro atoms. The lowest BCUT2D eigenvalue weighted by Crippen LogP contribution is -2.24. The molecule has 1 atom stereocenters. The average Bonchev–Trinajstić information content (AvgIpc) is 3.04. The van der Waals surface area contributed by atoms with E-state index in [1.165, 1.54) is 25.9 Å². The van der Waals surface area contributed by atoms with Crippen molar-refractivity contribution in [3.63, 3.8) is 0 Å². The SMILES string of the molecule is O=C(O)C1CCCc2nc(CCN3CCCC3)cn21. The molecule has 0 amide bonds. The minimum atomic E-state index is -0.732. The maximum absolute atomic E-state index is 11.2. The van der Waals surface area contributed by atoms with E-state index in [-0.39, 0.29) is 0 Å². The van der Waals surface area contributed by atoms with E-state index in [0.29, 0.717) is 0 Å². The zero-order valence-corrected chi connectivity index (χ0v) is 11.2. The topological polar surface area (TPSA) is 58.4 Å². The van der Waals surface area contributed by atoms with Crippen LogP contribution in [-0.2, 0) is 17.6 Å². The summed E-state index contributed by atoms with van der Waals surface area (Å²) < 4.78 is 1.88. The predicted octanol–water partition coefficient (Wildman–Crippen LogP) is 1.48. The highest BCUT2D eigenvalue weighted by Crippen LogP contribution is 2.25. The molecule has 19 heavy (non-hydrogen) atoms. The predicted molar refractivity (Wildman–Crippen MR) is 71.2 cm³/mol. The first-order valence-corrected chi connectivity index (χ1v) is 7.26. The van der Waals surface area contributed by atoms with Crippen LogP contribution in [0.3, 0.4) is 0 Å². The third-order valence-electron chi connectivity index (χ3n) is 4.24. The largest absolute Gasteiger partial charge is 0.480 e. The molecule has 2 aliphatic heterocycles. The molecule has 0 bridgehead atoms. The molecule has 1 N–H and O–H groups in total. The van der Waals surface area contributed by atoms with Crippen LogP contribution in [0.5, 0.6) is 0 Å². The van der Waals surface area contributed by atoms with E-state index in [1.807, 2.05) is 10.8 Å². The van der Waals surface area contributed by atoms with Gasteiger partial charge in [0.1, 0.15) is 11.9 Å². The summed E-state index contributed by atoms with van der Waals surface area (Å²) in [4.78, 5) is 18.3. The summed E-state index contributed by atoms with van der Waals surface area (Å²) in [5, 5.41) is 9.24. The second-order valence-electron chi connectivity index (χ2n) is 5.60. The molecule has 0 radical (unpaired) electrons. The molecular formula is C14H21N3O2. The third kappa shape index (κ3) is 2.66. The molecule has 1 saturated heterocycles. The molecule has 5 nitrogen and oxygen atoms in total. The van der Waals surface area contributed by atoms with Crippen molar-refractivity contribution in [2.45, 2.75) is 44.6 Å². The van der Waals surface area contributed by atoms with Crippen LogP contribution in [0, 0.1) is 0 Å². The van der Waals surface area contributed by atoms with Crippen LogP contribution in [0.15, 0.2) is 6.20 Å². The maximum atomic E-state index is 11.2. The molecular weight excluding hydrogens is 242 g/mol. The molecule has 0 aromatic carbocycles. The molecule has 1 unspecified atom stereocenters. The Balaban J connectivity index is 1.68. The molecule has 1 aromatic heterocycles. The Labute approximate surface area is 113 Å². The van der Waals surface area contributed by atoms with Crippen molar-refractivity contribution in [3.8, 4) is 0 Å². The number of aryl methyl sites for hydroxylation is 1. The van der Waals surface area contributed by atoms with Crippen molar-refractivity contribution in [2.75, 3.05) is 19.6 Å². The normalized spacial score (nSPS) is 23.5. The lowest BCUT2D eigenvalue weighted by molar-refractivity contribution is -0.141. The number of aliphatic carboxylic acids is 1. The fraction of sp³-hybridized carbons (Fsp3) is 0.714. The van der Waals surface area contributed by atoms with Crippen molar-refractivity contribution < 1.29 is 9.90 Å². The Kier molecular flexibility index (Phi) is 3.55.